The lowest BCUT2D eigenvalue weighted by Gasteiger charge is -2.29. The van der Waals surface area contributed by atoms with Gasteiger partial charge in [0.25, 0.3) is 17.5 Å². The van der Waals surface area contributed by atoms with E-state index in [4.69, 9.17) is 0 Å². The van der Waals surface area contributed by atoms with Crippen LogP contribution in [0.1, 0.15) is 43.6 Å². The number of amides is 2. The minimum absolute atomic E-state index is 0.0354. The summed E-state index contributed by atoms with van der Waals surface area (Å²) in [6, 6.07) is 18.8. The van der Waals surface area contributed by atoms with Crippen LogP contribution in [0.15, 0.2) is 72.8 Å². The summed E-state index contributed by atoms with van der Waals surface area (Å²) in [5.74, 6) is -2.34. The molecule has 0 bridgehead atoms. The monoisotopic (exact) mass is 466 g/mol. The molecular formula is C27H18N2O6. The number of carboxylic acids is 1. The standard InChI is InChI=1S/C27H18N2O6/c1-2-15-7-3-4-12-21(15)28-25(30)19-11-6-10-18-23(16-8-5-9-17(13-16)27(32)33)22(29(34)35)14-20(24(18)19)26(28)31/h3-14H,2H2,1H3,(H,32,33). The van der Waals surface area contributed by atoms with Gasteiger partial charge in [0.1, 0.15) is 0 Å². The third-order valence-corrected chi connectivity index (χ3v) is 6.22. The van der Waals surface area contributed by atoms with Crippen LogP contribution in [-0.4, -0.2) is 27.8 Å². The molecule has 8 heteroatoms. The van der Waals surface area contributed by atoms with Crippen molar-refractivity contribution in [3.63, 3.8) is 0 Å². The third kappa shape index (κ3) is 3.34. The van der Waals surface area contributed by atoms with E-state index >= 15 is 0 Å². The highest BCUT2D eigenvalue weighted by molar-refractivity contribution is 6.37. The summed E-state index contributed by atoms with van der Waals surface area (Å²) < 4.78 is 0. The molecule has 1 N–H and O–H groups in total. The summed E-state index contributed by atoms with van der Waals surface area (Å²) in [6.45, 7) is 1.91. The van der Waals surface area contributed by atoms with Crippen LogP contribution in [0.3, 0.4) is 0 Å². The van der Waals surface area contributed by atoms with E-state index < -0.39 is 22.7 Å². The number of anilines is 1. The minimum atomic E-state index is -1.17. The fourth-order valence-electron chi connectivity index (χ4n) is 4.65. The number of para-hydroxylation sites is 1. The number of benzene rings is 4. The largest absolute Gasteiger partial charge is 0.478 e. The summed E-state index contributed by atoms with van der Waals surface area (Å²) in [5.41, 5.74) is 1.60. The lowest BCUT2D eigenvalue weighted by Crippen LogP contribution is -2.41. The van der Waals surface area contributed by atoms with E-state index in [1.807, 2.05) is 19.1 Å². The molecule has 0 unspecified atom stereocenters. The Bertz CT molecular complexity index is 1590. The number of carbonyl (C=O) groups is 3. The second kappa shape index (κ2) is 8.18. The molecule has 4 aromatic rings. The number of rotatable bonds is 5. The fourth-order valence-corrected chi connectivity index (χ4v) is 4.65. The molecule has 0 aromatic heterocycles. The smallest absolute Gasteiger partial charge is 0.335 e. The highest BCUT2D eigenvalue weighted by atomic mass is 16.6. The predicted octanol–water partition coefficient (Wildman–Crippen LogP) is 5.48. The first-order valence-corrected chi connectivity index (χ1v) is 10.9. The number of nitro groups is 1. The zero-order valence-corrected chi connectivity index (χ0v) is 18.5. The average Bonchev–Trinajstić information content (AvgIpc) is 2.86. The second-order valence-corrected chi connectivity index (χ2v) is 8.12. The maximum Gasteiger partial charge on any atom is 0.335 e. The van der Waals surface area contributed by atoms with Gasteiger partial charge >= 0.3 is 5.97 Å². The minimum Gasteiger partial charge on any atom is -0.478 e. The molecule has 0 fully saturated rings. The van der Waals surface area contributed by atoms with Gasteiger partial charge in [-0.25, -0.2) is 9.69 Å². The number of nitro benzene ring substituents is 1. The first kappa shape index (κ1) is 22.0. The van der Waals surface area contributed by atoms with Crippen molar-refractivity contribution in [2.24, 2.45) is 0 Å². The van der Waals surface area contributed by atoms with Gasteiger partial charge in [-0.3, -0.25) is 19.7 Å². The molecule has 8 nitrogen and oxygen atoms in total. The van der Waals surface area contributed by atoms with Gasteiger partial charge in [-0.1, -0.05) is 49.4 Å². The van der Waals surface area contributed by atoms with Gasteiger partial charge < -0.3 is 5.11 Å². The van der Waals surface area contributed by atoms with E-state index in [2.05, 4.69) is 0 Å². The Morgan fingerprint density at radius 2 is 1.66 bits per heavy atom. The third-order valence-electron chi connectivity index (χ3n) is 6.22. The van der Waals surface area contributed by atoms with Crippen LogP contribution in [-0.2, 0) is 6.42 Å². The van der Waals surface area contributed by atoms with Crippen molar-refractivity contribution in [2.75, 3.05) is 4.90 Å². The quantitative estimate of drug-likeness (QED) is 0.237. The molecule has 172 valence electrons. The van der Waals surface area contributed by atoms with Gasteiger partial charge in [0.05, 0.1) is 27.3 Å². The van der Waals surface area contributed by atoms with Crippen molar-refractivity contribution in [3.05, 3.63) is 105 Å². The second-order valence-electron chi connectivity index (χ2n) is 8.12. The van der Waals surface area contributed by atoms with Crippen LogP contribution in [0, 0.1) is 10.1 Å². The van der Waals surface area contributed by atoms with Crippen LogP contribution in [0.2, 0.25) is 0 Å². The van der Waals surface area contributed by atoms with E-state index in [-0.39, 0.29) is 27.9 Å². The highest BCUT2D eigenvalue weighted by Crippen LogP contribution is 2.43. The van der Waals surface area contributed by atoms with Crippen molar-refractivity contribution >= 4 is 39.9 Å². The topological polar surface area (TPSA) is 118 Å². The zero-order valence-electron chi connectivity index (χ0n) is 18.5. The number of aromatic carboxylic acids is 1. The Hall–Kier alpha value is -4.85. The number of aryl methyl sites for hydroxylation is 1. The zero-order chi connectivity index (χ0) is 24.9. The van der Waals surface area contributed by atoms with Crippen molar-refractivity contribution < 1.29 is 24.4 Å². The number of hydrogen-bond acceptors (Lipinski definition) is 5. The van der Waals surface area contributed by atoms with Crippen molar-refractivity contribution in [2.45, 2.75) is 13.3 Å². The Balaban J connectivity index is 1.83. The van der Waals surface area contributed by atoms with E-state index in [9.17, 15) is 29.6 Å². The molecule has 5 rings (SSSR count). The van der Waals surface area contributed by atoms with E-state index in [1.54, 1.807) is 36.4 Å². The van der Waals surface area contributed by atoms with Gasteiger partial charge in [-0.05, 0) is 47.2 Å². The van der Waals surface area contributed by atoms with Crippen molar-refractivity contribution in [1.29, 1.82) is 0 Å². The molecule has 1 aliphatic heterocycles. The van der Waals surface area contributed by atoms with Crippen LogP contribution in [0.5, 0.6) is 0 Å². The molecule has 0 radical (unpaired) electrons. The summed E-state index contributed by atoms with van der Waals surface area (Å²) >= 11 is 0. The first-order chi connectivity index (χ1) is 16.8. The van der Waals surface area contributed by atoms with E-state index in [1.165, 1.54) is 24.3 Å². The van der Waals surface area contributed by atoms with Crippen LogP contribution < -0.4 is 4.90 Å². The molecule has 35 heavy (non-hydrogen) atoms. The average molecular weight is 466 g/mol. The summed E-state index contributed by atoms with van der Waals surface area (Å²) in [5, 5.41) is 22.2. The molecule has 1 heterocycles. The molecule has 0 atom stereocenters. The molecule has 4 aromatic carbocycles. The molecule has 1 aliphatic rings. The van der Waals surface area contributed by atoms with Crippen molar-refractivity contribution in [1.82, 2.24) is 0 Å². The first-order valence-electron chi connectivity index (χ1n) is 10.9. The van der Waals surface area contributed by atoms with E-state index in [0.29, 0.717) is 28.4 Å². The van der Waals surface area contributed by atoms with Crippen molar-refractivity contribution in [3.8, 4) is 11.1 Å². The number of hydrogen-bond donors (Lipinski definition) is 1. The summed E-state index contributed by atoms with van der Waals surface area (Å²) in [6.07, 6.45) is 0.587. The van der Waals surface area contributed by atoms with Gasteiger partial charge in [-0.15, -0.1) is 0 Å². The lowest BCUT2D eigenvalue weighted by molar-refractivity contribution is -0.384. The molecule has 2 amide bonds. The lowest BCUT2D eigenvalue weighted by atomic mass is 9.87. The molecule has 0 spiro atoms. The Labute approximate surface area is 199 Å². The highest BCUT2D eigenvalue weighted by Gasteiger charge is 2.37. The Morgan fingerprint density at radius 1 is 0.943 bits per heavy atom. The van der Waals surface area contributed by atoms with Gasteiger partial charge in [0.2, 0.25) is 0 Å². The SMILES string of the molecule is CCc1ccccc1N1C(=O)c2cccc3c(-c4cccc(C(=O)O)c4)c([N+](=O)[O-])cc(c23)C1=O. The van der Waals surface area contributed by atoms with Crippen LogP contribution in [0.25, 0.3) is 21.9 Å². The van der Waals surface area contributed by atoms with E-state index in [0.717, 1.165) is 10.5 Å². The van der Waals surface area contributed by atoms with Crippen LogP contribution in [0.4, 0.5) is 11.4 Å². The van der Waals surface area contributed by atoms with Gasteiger partial charge in [-0.2, -0.15) is 0 Å². The summed E-state index contributed by atoms with van der Waals surface area (Å²) in [7, 11) is 0. The maximum atomic E-state index is 13.7. The number of nitrogens with zero attached hydrogens (tertiary/aromatic N) is 2. The molecular weight excluding hydrogens is 448 g/mol. The Morgan fingerprint density at radius 3 is 2.37 bits per heavy atom. The fraction of sp³-hybridized carbons (Fsp3) is 0.0741. The molecule has 0 saturated carbocycles. The van der Waals surface area contributed by atoms with Gasteiger partial charge in [0.15, 0.2) is 0 Å². The number of carbonyl (C=O) groups excluding carboxylic acids is 2. The molecule has 0 saturated heterocycles. The number of imide groups is 1. The predicted molar refractivity (Wildman–Crippen MR) is 130 cm³/mol. The number of carboxylic acid groups (broad SMARTS) is 1. The normalized spacial score (nSPS) is 12.8. The Kier molecular flexibility index (Phi) is 5.13. The summed E-state index contributed by atoms with van der Waals surface area (Å²) in [4.78, 5) is 51.4. The van der Waals surface area contributed by atoms with Crippen LogP contribution >= 0.6 is 0 Å². The molecule has 0 aliphatic carbocycles. The maximum absolute atomic E-state index is 13.7. The van der Waals surface area contributed by atoms with Gasteiger partial charge in [0, 0.05) is 17.0 Å².